The molecule has 0 bridgehead atoms. The number of carbonyl (C=O) groups is 3. The highest BCUT2D eigenvalue weighted by Crippen LogP contribution is 2.21. The Bertz CT molecular complexity index is 602. The van der Waals surface area contributed by atoms with Crippen molar-refractivity contribution in [1.82, 2.24) is 4.90 Å². The van der Waals surface area contributed by atoms with Gasteiger partial charge in [0.05, 0.1) is 12.2 Å². The quantitative estimate of drug-likeness (QED) is 0.681. The van der Waals surface area contributed by atoms with Gasteiger partial charge in [-0.1, -0.05) is 13.8 Å². The van der Waals surface area contributed by atoms with Gasteiger partial charge in [-0.15, -0.1) is 0 Å². The van der Waals surface area contributed by atoms with E-state index in [0.717, 1.165) is 6.42 Å². The second-order valence-corrected chi connectivity index (χ2v) is 6.41. The van der Waals surface area contributed by atoms with E-state index in [4.69, 9.17) is 4.74 Å². The van der Waals surface area contributed by atoms with Crippen LogP contribution in [0.15, 0.2) is 24.3 Å². The number of carbonyl (C=O) groups excluding carboxylic acids is 3. The highest BCUT2D eigenvalue weighted by molar-refractivity contribution is 6.39. The van der Waals surface area contributed by atoms with E-state index in [9.17, 15) is 14.4 Å². The van der Waals surface area contributed by atoms with Gasteiger partial charge in [-0.05, 0) is 49.4 Å². The highest BCUT2D eigenvalue weighted by Gasteiger charge is 2.29. The van der Waals surface area contributed by atoms with Crippen molar-refractivity contribution < 1.29 is 19.1 Å². The van der Waals surface area contributed by atoms with Crippen LogP contribution in [0.2, 0.25) is 0 Å². The van der Waals surface area contributed by atoms with Crippen LogP contribution in [0.3, 0.4) is 0 Å². The Balaban J connectivity index is 1.96. The van der Waals surface area contributed by atoms with Crippen molar-refractivity contribution in [3.8, 4) is 0 Å². The molecule has 1 N–H and O–H groups in total. The SMILES string of the molecule is CCOC(=O)c1ccc(NC(=O)C(=O)N2CC(C)CC(C)C2)cc1. The van der Waals surface area contributed by atoms with Gasteiger partial charge in [0.2, 0.25) is 0 Å². The lowest BCUT2D eigenvalue weighted by atomic mass is 9.92. The third-order valence-corrected chi connectivity index (χ3v) is 4.00. The fourth-order valence-corrected chi connectivity index (χ4v) is 3.06. The molecule has 1 fully saturated rings. The van der Waals surface area contributed by atoms with Crippen LogP contribution in [0, 0.1) is 11.8 Å². The van der Waals surface area contributed by atoms with E-state index in [1.807, 2.05) is 0 Å². The molecule has 0 spiro atoms. The number of nitrogens with one attached hydrogen (secondary N) is 1. The van der Waals surface area contributed by atoms with Gasteiger partial charge in [-0.3, -0.25) is 9.59 Å². The number of hydrogen-bond donors (Lipinski definition) is 1. The van der Waals surface area contributed by atoms with Crippen molar-refractivity contribution in [2.75, 3.05) is 25.0 Å². The monoisotopic (exact) mass is 332 g/mol. The maximum absolute atomic E-state index is 12.3. The molecule has 0 saturated carbocycles. The standard InChI is InChI=1S/C18H24N2O4/c1-4-24-18(23)14-5-7-15(8-6-14)19-16(21)17(22)20-10-12(2)9-13(3)11-20/h5-8,12-13H,4,9-11H2,1-3H3,(H,19,21). The Hall–Kier alpha value is -2.37. The summed E-state index contributed by atoms with van der Waals surface area (Å²) in [6, 6.07) is 6.28. The number of esters is 1. The largest absolute Gasteiger partial charge is 0.462 e. The van der Waals surface area contributed by atoms with Crippen molar-refractivity contribution >= 4 is 23.5 Å². The van der Waals surface area contributed by atoms with E-state index in [1.165, 1.54) is 0 Å². The van der Waals surface area contributed by atoms with Crippen molar-refractivity contribution in [2.24, 2.45) is 11.8 Å². The molecule has 0 aliphatic carbocycles. The lowest BCUT2D eigenvalue weighted by Gasteiger charge is -2.34. The predicted molar refractivity (Wildman–Crippen MR) is 90.6 cm³/mol. The molecule has 2 unspecified atom stereocenters. The number of hydrogen-bond acceptors (Lipinski definition) is 4. The smallest absolute Gasteiger partial charge is 0.338 e. The van der Waals surface area contributed by atoms with Crippen molar-refractivity contribution in [1.29, 1.82) is 0 Å². The zero-order valence-corrected chi connectivity index (χ0v) is 14.4. The van der Waals surface area contributed by atoms with Gasteiger partial charge < -0.3 is 15.0 Å². The Kier molecular flexibility index (Phi) is 5.95. The van der Waals surface area contributed by atoms with Crippen molar-refractivity contribution in [3.05, 3.63) is 29.8 Å². The minimum absolute atomic E-state index is 0.304. The van der Waals surface area contributed by atoms with Gasteiger partial charge in [0.25, 0.3) is 0 Å². The molecule has 130 valence electrons. The normalized spacial score (nSPS) is 20.4. The Morgan fingerprint density at radius 1 is 1.12 bits per heavy atom. The Morgan fingerprint density at radius 3 is 2.25 bits per heavy atom. The lowest BCUT2D eigenvalue weighted by Crippen LogP contribution is -2.47. The Morgan fingerprint density at radius 2 is 1.71 bits per heavy atom. The van der Waals surface area contributed by atoms with Crippen LogP contribution in [-0.2, 0) is 14.3 Å². The highest BCUT2D eigenvalue weighted by atomic mass is 16.5. The van der Waals surface area contributed by atoms with Crippen LogP contribution in [0.4, 0.5) is 5.69 Å². The molecule has 2 rings (SSSR count). The predicted octanol–water partition coefficient (Wildman–Crippen LogP) is 2.31. The topological polar surface area (TPSA) is 75.7 Å². The van der Waals surface area contributed by atoms with Crippen LogP contribution < -0.4 is 5.32 Å². The minimum Gasteiger partial charge on any atom is -0.462 e. The van der Waals surface area contributed by atoms with E-state index in [1.54, 1.807) is 36.1 Å². The molecule has 1 aromatic rings. The van der Waals surface area contributed by atoms with Crippen molar-refractivity contribution in [2.45, 2.75) is 27.2 Å². The van der Waals surface area contributed by atoms with Crippen molar-refractivity contribution in [3.63, 3.8) is 0 Å². The number of rotatable bonds is 3. The fourth-order valence-electron chi connectivity index (χ4n) is 3.06. The van der Waals surface area contributed by atoms with Crippen LogP contribution in [0.5, 0.6) is 0 Å². The summed E-state index contributed by atoms with van der Waals surface area (Å²) in [4.78, 5) is 37.6. The molecular formula is C18H24N2O4. The lowest BCUT2D eigenvalue weighted by molar-refractivity contribution is -0.144. The molecule has 1 aliphatic heterocycles. The summed E-state index contributed by atoms with van der Waals surface area (Å²) in [6.07, 6.45) is 1.07. The molecule has 1 aromatic carbocycles. The molecule has 0 radical (unpaired) electrons. The molecule has 1 heterocycles. The van der Waals surface area contributed by atoms with E-state index >= 15 is 0 Å². The molecule has 6 heteroatoms. The van der Waals surface area contributed by atoms with E-state index in [0.29, 0.717) is 42.8 Å². The number of anilines is 1. The number of amides is 2. The first kappa shape index (κ1) is 18.0. The minimum atomic E-state index is -0.653. The first-order valence-corrected chi connectivity index (χ1v) is 8.28. The van der Waals surface area contributed by atoms with Gasteiger partial charge in [-0.2, -0.15) is 0 Å². The van der Waals surface area contributed by atoms with Gasteiger partial charge in [-0.25, -0.2) is 4.79 Å². The van der Waals surface area contributed by atoms with E-state index in [2.05, 4.69) is 19.2 Å². The summed E-state index contributed by atoms with van der Waals surface area (Å²) in [5.74, 6) is -0.783. The maximum Gasteiger partial charge on any atom is 0.338 e. The summed E-state index contributed by atoms with van der Waals surface area (Å²) < 4.78 is 4.90. The number of piperidine rings is 1. The zero-order chi connectivity index (χ0) is 17.7. The molecule has 1 saturated heterocycles. The summed E-state index contributed by atoms with van der Waals surface area (Å²) in [7, 11) is 0. The van der Waals surface area contributed by atoms with Crippen LogP contribution >= 0.6 is 0 Å². The third-order valence-electron chi connectivity index (χ3n) is 4.00. The fraction of sp³-hybridized carbons (Fsp3) is 0.500. The van der Waals surface area contributed by atoms with E-state index in [-0.39, 0.29) is 0 Å². The average Bonchev–Trinajstić information content (AvgIpc) is 2.54. The first-order chi connectivity index (χ1) is 11.4. The molecular weight excluding hydrogens is 308 g/mol. The molecule has 24 heavy (non-hydrogen) atoms. The second kappa shape index (κ2) is 7.95. The summed E-state index contributed by atoms with van der Waals surface area (Å²) in [6.45, 7) is 7.43. The van der Waals surface area contributed by atoms with Crippen LogP contribution in [-0.4, -0.2) is 42.4 Å². The maximum atomic E-state index is 12.3. The summed E-state index contributed by atoms with van der Waals surface area (Å²) >= 11 is 0. The number of likely N-dealkylation sites (tertiary alicyclic amines) is 1. The van der Waals surface area contributed by atoms with Gasteiger partial charge in [0, 0.05) is 18.8 Å². The molecule has 2 amide bonds. The number of nitrogens with zero attached hydrogens (tertiary/aromatic N) is 1. The summed E-state index contributed by atoms with van der Waals surface area (Å²) in [5, 5.41) is 2.58. The molecule has 2 atom stereocenters. The zero-order valence-electron chi connectivity index (χ0n) is 14.4. The van der Waals surface area contributed by atoms with Gasteiger partial charge in [0.1, 0.15) is 0 Å². The third kappa shape index (κ3) is 4.57. The molecule has 1 aliphatic rings. The first-order valence-electron chi connectivity index (χ1n) is 8.28. The average molecular weight is 332 g/mol. The van der Waals surface area contributed by atoms with Gasteiger partial charge in [0.15, 0.2) is 0 Å². The molecule has 6 nitrogen and oxygen atoms in total. The van der Waals surface area contributed by atoms with Crippen LogP contribution in [0.1, 0.15) is 37.6 Å². The van der Waals surface area contributed by atoms with E-state index < -0.39 is 17.8 Å². The van der Waals surface area contributed by atoms with Gasteiger partial charge >= 0.3 is 17.8 Å². The number of benzene rings is 1. The van der Waals surface area contributed by atoms with Crippen LogP contribution in [0.25, 0.3) is 0 Å². The molecule has 0 aromatic heterocycles. The Labute approximate surface area is 142 Å². The number of ether oxygens (including phenoxy) is 1. The second-order valence-electron chi connectivity index (χ2n) is 6.41. The summed E-state index contributed by atoms with van der Waals surface area (Å²) in [5.41, 5.74) is 0.874.